The molecule has 0 heterocycles. The molecule has 156 valence electrons. The monoisotopic (exact) mass is 427 g/mol. The zero-order chi connectivity index (χ0) is 21.8. The number of esters is 1. The molecule has 0 aromatic carbocycles. The van der Waals surface area contributed by atoms with Crippen molar-refractivity contribution in [3.8, 4) is 0 Å². The van der Waals surface area contributed by atoms with Gasteiger partial charge in [-0.05, 0) is 20.9 Å². The van der Waals surface area contributed by atoms with E-state index in [0.29, 0.717) is 16.9 Å². The Labute approximate surface area is 142 Å². The second kappa shape index (κ2) is 8.45. The van der Waals surface area contributed by atoms with Gasteiger partial charge in [0.2, 0.25) is 0 Å². The molecule has 0 atom stereocenters. The number of alkyl halides is 9. The largest absolute Gasteiger partial charge is 0.463 e. The van der Waals surface area contributed by atoms with Crippen LogP contribution in [0.3, 0.4) is 0 Å². The summed E-state index contributed by atoms with van der Waals surface area (Å²) in [6.07, 6.45) is -7.05. The highest BCUT2D eigenvalue weighted by atomic mass is 32.2. The third-order valence-electron chi connectivity index (χ3n) is 2.35. The summed E-state index contributed by atoms with van der Waals surface area (Å²) in [4.78, 5) is 10.4. The van der Waals surface area contributed by atoms with E-state index in [4.69, 9.17) is 0 Å². The molecule has 1 N–H and O–H groups in total. The highest BCUT2D eigenvalue weighted by molar-refractivity contribution is 7.90. The number of halogens is 9. The second-order valence-electron chi connectivity index (χ2n) is 4.37. The van der Waals surface area contributed by atoms with E-state index in [1.807, 2.05) is 0 Å². The third kappa shape index (κ3) is 5.25. The van der Waals surface area contributed by atoms with Crippen LogP contribution in [0.15, 0.2) is 12.2 Å². The summed E-state index contributed by atoms with van der Waals surface area (Å²) in [5.41, 5.74) is 0.451. The summed E-state index contributed by atoms with van der Waals surface area (Å²) in [6.45, 7) is 7.21. The predicted octanol–water partition coefficient (Wildman–Crippen LogP) is 3.09. The standard InChI is InChI=1S/C6H10O2.C5H4F9NO2S/c1-4-8-6(7)5(2)3;1-15-18(16,17)5(13,14)3(8,9)2(6,7)4(10,11)12/h2,4H2,1,3H3;15H,1H3. The molecule has 0 saturated carbocycles. The molecule has 0 amide bonds. The number of carbonyl (C=O) groups is 1. The average molecular weight is 427 g/mol. The maximum Gasteiger partial charge on any atom is 0.460 e. The molecule has 0 saturated heterocycles. The molecule has 0 bridgehead atoms. The zero-order valence-electron chi connectivity index (χ0n) is 13.4. The molecule has 0 rings (SSSR count). The van der Waals surface area contributed by atoms with Crippen LogP contribution in [0.5, 0.6) is 0 Å². The van der Waals surface area contributed by atoms with Gasteiger partial charge in [-0.15, -0.1) is 0 Å². The summed E-state index contributed by atoms with van der Waals surface area (Å²) < 4.78 is 135. The highest BCUT2D eigenvalue weighted by Gasteiger charge is 2.85. The Morgan fingerprint density at radius 1 is 1.00 bits per heavy atom. The summed E-state index contributed by atoms with van der Waals surface area (Å²) in [5.74, 6) is -14.7. The van der Waals surface area contributed by atoms with Gasteiger partial charge in [-0.25, -0.2) is 17.9 Å². The summed E-state index contributed by atoms with van der Waals surface area (Å²) in [7, 11) is -6.27. The number of sulfonamides is 1. The average Bonchev–Trinajstić information content (AvgIpc) is 2.46. The van der Waals surface area contributed by atoms with Crippen LogP contribution in [0.1, 0.15) is 13.8 Å². The number of nitrogens with one attached hydrogen (secondary N) is 1. The SMILES string of the molecule is C=C(C)C(=O)OCC.CNS(=O)(=O)C(F)(F)C(F)(F)C(F)(F)C(F)(F)F. The molecular weight excluding hydrogens is 413 g/mol. The van der Waals surface area contributed by atoms with Gasteiger partial charge in [-0.1, -0.05) is 6.58 Å². The van der Waals surface area contributed by atoms with Crippen molar-refractivity contribution in [1.29, 1.82) is 0 Å². The fraction of sp³-hybridized carbons (Fsp3) is 0.727. The molecule has 0 fully saturated rings. The first kappa shape index (κ1) is 26.7. The second-order valence-corrected chi connectivity index (χ2v) is 6.30. The van der Waals surface area contributed by atoms with E-state index in [1.54, 1.807) is 13.8 Å². The topological polar surface area (TPSA) is 72.5 Å². The molecule has 0 aliphatic rings. The van der Waals surface area contributed by atoms with E-state index < -0.39 is 33.3 Å². The molecule has 26 heavy (non-hydrogen) atoms. The van der Waals surface area contributed by atoms with Crippen molar-refractivity contribution < 1.29 is 57.5 Å². The smallest absolute Gasteiger partial charge is 0.460 e. The minimum Gasteiger partial charge on any atom is -0.463 e. The van der Waals surface area contributed by atoms with Gasteiger partial charge >= 0.3 is 29.2 Å². The molecule has 15 heteroatoms. The maximum atomic E-state index is 12.6. The first-order valence-electron chi connectivity index (χ1n) is 6.20. The normalized spacial score (nSPS) is 13.5. The van der Waals surface area contributed by atoms with E-state index in [2.05, 4.69) is 11.3 Å². The lowest BCUT2D eigenvalue weighted by molar-refractivity contribution is -0.382. The van der Waals surface area contributed by atoms with E-state index >= 15 is 0 Å². The van der Waals surface area contributed by atoms with Gasteiger partial charge in [-0.2, -0.15) is 39.5 Å². The van der Waals surface area contributed by atoms with Gasteiger partial charge in [0.15, 0.2) is 0 Å². The first-order chi connectivity index (χ1) is 11.2. The number of ether oxygens (including phenoxy) is 1. The van der Waals surface area contributed by atoms with Crippen LogP contribution < -0.4 is 4.72 Å². The molecule has 0 aliphatic heterocycles. The lowest BCUT2D eigenvalue weighted by Gasteiger charge is -2.32. The predicted molar refractivity (Wildman–Crippen MR) is 70.3 cm³/mol. The van der Waals surface area contributed by atoms with Gasteiger partial charge in [-0.3, -0.25) is 0 Å². The Balaban J connectivity index is 0. The maximum absolute atomic E-state index is 12.6. The third-order valence-corrected chi connectivity index (χ3v) is 3.81. The Morgan fingerprint density at radius 3 is 1.58 bits per heavy atom. The minimum atomic E-state index is -7.23. The molecule has 0 unspecified atom stereocenters. The van der Waals surface area contributed by atoms with Crippen LogP contribution in [0.25, 0.3) is 0 Å². The van der Waals surface area contributed by atoms with Gasteiger partial charge < -0.3 is 4.74 Å². The van der Waals surface area contributed by atoms with Crippen LogP contribution in [-0.2, 0) is 19.6 Å². The molecule has 5 nitrogen and oxygen atoms in total. The quantitative estimate of drug-likeness (QED) is 0.402. The van der Waals surface area contributed by atoms with Crippen molar-refractivity contribution >= 4 is 16.0 Å². The fourth-order valence-electron chi connectivity index (χ4n) is 0.912. The van der Waals surface area contributed by atoms with Crippen molar-refractivity contribution in [3.05, 3.63) is 12.2 Å². The minimum absolute atomic E-state index is 0.144. The van der Waals surface area contributed by atoms with E-state index in [1.165, 1.54) is 0 Å². The first-order valence-corrected chi connectivity index (χ1v) is 7.68. The summed E-state index contributed by atoms with van der Waals surface area (Å²) >= 11 is 0. The lowest BCUT2D eigenvalue weighted by Crippen LogP contribution is -2.64. The van der Waals surface area contributed by atoms with Crippen molar-refractivity contribution in [1.82, 2.24) is 4.72 Å². The van der Waals surface area contributed by atoms with Crippen LogP contribution in [0, 0.1) is 0 Å². The van der Waals surface area contributed by atoms with E-state index in [9.17, 15) is 52.7 Å². The molecule has 0 spiro atoms. The van der Waals surface area contributed by atoms with Crippen LogP contribution >= 0.6 is 0 Å². The number of carbonyl (C=O) groups excluding carboxylic acids is 1. The zero-order valence-corrected chi connectivity index (χ0v) is 14.2. The number of rotatable bonds is 6. The van der Waals surface area contributed by atoms with Gasteiger partial charge in [0, 0.05) is 5.57 Å². The van der Waals surface area contributed by atoms with Crippen LogP contribution in [0.4, 0.5) is 39.5 Å². The van der Waals surface area contributed by atoms with E-state index in [-0.39, 0.29) is 13.0 Å². The molecule has 0 radical (unpaired) electrons. The summed E-state index contributed by atoms with van der Waals surface area (Å²) in [6, 6.07) is 0. The van der Waals surface area contributed by atoms with Gasteiger partial charge in [0.25, 0.3) is 10.0 Å². The van der Waals surface area contributed by atoms with Crippen molar-refractivity contribution in [2.75, 3.05) is 13.7 Å². The Morgan fingerprint density at radius 2 is 1.38 bits per heavy atom. The number of hydrogen-bond donors (Lipinski definition) is 1. The van der Waals surface area contributed by atoms with Crippen molar-refractivity contribution in [2.45, 2.75) is 37.1 Å². The van der Waals surface area contributed by atoms with Gasteiger partial charge in [0.1, 0.15) is 0 Å². The number of hydrogen-bond acceptors (Lipinski definition) is 4. The van der Waals surface area contributed by atoms with E-state index in [0.717, 1.165) is 0 Å². The Kier molecular flexibility index (Phi) is 8.69. The van der Waals surface area contributed by atoms with Crippen molar-refractivity contribution in [3.63, 3.8) is 0 Å². The molecule has 0 aromatic heterocycles. The molecule has 0 aliphatic carbocycles. The lowest BCUT2D eigenvalue weighted by atomic mass is 10.1. The molecule has 0 aromatic rings. The highest BCUT2D eigenvalue weighted by Crippen LogP contribution is 2.54. The Hall–Kier alpha value is -1.51. The molecular formula is C11H14F9NO4S. The van der Waals surface area contributed by atoms with Crippen molar-refractivity contribution in [2.24, 2.45) is 0 Å². The van der Waals surface area contributed by atoms with Crippen LogP contribution in [0.2, 0.25) is 0 Å². The fourth-order valence-corrected chi connectivity index (χ4v) is 1.63. The van der Waals surface area contributed by atoms with Gasteiger partial charge in [0.05, 0.1) is 6.61 Å². The van der Waals surface area contributed by atoms with Crippen LogP contribution in [-0.4, -0.2) is 51.3 Å². The Bertz CT molecular complexity index is 614. The summed E-state index contributed by atoms with van der Waals surface area (Å²) in [5, 5.41) is -6.66.